The quantitative estimate of drug-likeness (QED) is 0.886. The van der Waals surface area contributed by atoms with E-state index < -0.39 is 23.5 Å². The molecule has 4 nitrogen and oxygen atoms in total. The lowest BCUT2D eigenvalue weighted by Gasteiger charge is -2.10. The Hall–Kier alpha value is -2.51. The smallest absolute Gasteiger partial charge is 0.347 e. The van der Waals surface area contributed by atoms with Crippen molar-refractivity contribution in [1.82, 2.24) is 15.3 Å². The fraction of sp³-hybridized carbons (Fsp3) is 0.154. The second-order valence-corrected chi connectivity index (χ2v) is 4.12. The van der Waals surface area contributed by atoms with Crippen LogP contribution in [0, 0.1) is 5.82 Å². The van der Waals surface area contributed by atoms with Gasteiger partial charge in [-0.2, -0.15) is 13.2 Å². The first-order chi connectivity index (χ1) is 9.86. The van der Waals surface area contributed by atoms with Crippen LogP contribution in [0.5, 0.6) is 0 Å². The number of hydrogen-bond acceptors (Lipinski definition) is 3. The zero-order valence-electron chi connectivity index (χ0n) is 10.5. The van der Waals surface area contributed by atoms with Crippen LogP contribution in [0.1, 0.15) is 21.6 Å². The first-order valence-corrected chi connectivity index (χ1v) is 5.77. The Morgan fingerprint density at radius 1 is 1.24 bits per heavy atom. The van der Waals surface area contributed by atoms with Crippen LogP contribution in [0.4, 0.5) is 17.6 Å². The largest absolute Gasteiger partial charge is 0.416 e. The molecule has 0 saturated carbocycles. The zero-order chi connectivity index (χ0) is 15.5. The van der Waals surface area contributed by atoms with Gasteiger partial charge in [0.15, 0.2) is 0 Å². The van der Waals surface area contributed by atoms with Crippen molar-refractivity contribution >= 4 is 5.91 Å². The van der Waals surface area contributed by atoms with Crippen LogP contribution in [0.25, 0.3) is 0 Å². The topological polar surface area (TPSA) is 54.9 Å². The van der Waals surface area contributed by atoms with E-state index in [4.69, 9.17) is 0 Å². The highest BCUT2D eigenvalue weighted by Gasteiger charge is 2.31. The molecule has 0 unspecified atom stereocenters. The molecule has 2 rings (SSSR count). The van der Waals surface area contributed by atoms with Gasteiger partial charge in [-0.3, -0.25) is 4.79 Å². The first kappa shape index (κ1) is 14.9. The van der Waals surface area contributed by atoms with Crippen molar-refractivity contribution < 1.29 is 22.4 Å². The Kier molecular flexibility index (Phi) is 4.15. The predicted molar refractivity (Wildman–Crippen MR) is 64.6 cm³/mol. The minimum absolute atomic E-state index is 0.00438. The lowest BCUT2D eigenvalue weighted by atomic mass is 10.1. The van der Waals surface area contributed by atoms with Gasteiger partial charge >= 0.3 is 6.18 Å². The maximum absolute atomic E-state index is 13.2. The highest BCUT2D eigenvalue weighted by Crippen LogP contribution is 2.30. The third-order valence-electron chi connectivity index (χ3n) is 2.55. The summed E-state index contributed by atoms with van der Waals surface area (Å²) < 4.78 is 50.8. The number of aromatic nitrogens is 2. The van der Waals surface area contributed by atoms with Gasteiger partial charge in [0.1, 0.15) is 17.8 Å². The minimum atomic E-state index is -4.65. The van der Waals surface area contributed by atoms with Gasteiger partial charge < -0.3 is 5.32 Å². The molecule has 1 heterocycles. The Labute approximate surface area is 116 Å². The number of amides is 1. The summed E-state index contributed by atoms with van der Waals surface area (Å²) in [7, 11) is 0. The van der Waals surface area contributed by atoms with Crippen LogP contribution in [0.3, 0.4) is 0 Å². The Morgan fingerprint density at radius 3 is 2.62 bits per heavy atom. The van der Waals surface area contributed by atoms with Crippen molar-refractivity contribution in [2.75, 3.05) is 0 Å². The monoisotopic (exact) mass is 299 g/mol. The third kappa shape index (κ3) is 3.98. The molecule has 1 aromatic carbocycles. The van der Waals surface area contributed by atoms with E-state index in [0.717, 1.165) is 12.1 Å². The fourth-order valence-corrected chi connectivity index (χ4v) is 1.61. The molecule has 0 spiro atoms. The summed E-state index contributed by atoms with van der Waals surface area (Å²) >= 11 is 0. The minimum Gasteiger partial charge on any atom is -0.347 e. The molecule has 1 amide bonds. The van der Waals surface area contributed by atoms with Crippen LogP contribution < -0.4 is 5.32 Å². The Bertz CT molecular complexity index is 644. The van der Waals surface area contributed by atoms with Crippen molar-refractivity contribution in [2.24, 2.45) is 0 Å². The molecule has 0 bridgehead atoms. The van der Waals surface area contributed by atoms with E-state index >= 15 is 0 Å². The van der Waals surface area contributed by atoms with E-state index in [1.165, 1.54) is 18.6 Å². The molecule has 0 aliphatic rings. The van der Waals surface area contributed by atoms with Gasteiger partial charge in [-0.15, -0.1) is 0 Å². The van der Waals surface area contributed by atoms with E-state index in [1.54, 1.807) is 0 Å². The second kappa shape index (κ2) is 5.86. The summed E-state index contributed by atoms with van der Waals surface area (Å²) in [6, 6.07) is 3.45. The molecule has 1 N–H and O–H groups in total. The Balaban J connectivity index is 2.10. The second-order valence-electron chi connectivity index (χ2n) is 4.12. The lowest BCUT2D eigenvalue weighted by Crippen LogP contribution is -2.24. The van der Waals surface area contributed by atoms with E-state index in [-0.39, 0.29) is 17.8 Å². The van der Waals surface area contributed by atoms with Gasteiger partial charge in [0.2, 0.25) is 0 Å². The van der Waals surface area contributed by atoms with Crippen molar-refractivity contribution in [1.29, 1.82) is 0 Å². The number of hydrogen-bond donors (Lipinski definition) is 1. The van der Waals surface area contributed by atoms with Crippen LogP contribution in [-0.4, -0.2) is 15.9 Å². The molecule has 110 valence electrons. The normalized spacial score (nSPS) is 11.2. The molecule has 0 aliphatic heterocycles. The number of rotatable bonds is 3. The number of halogens is 4. The van der Waals surface area contributed by atoms with Crippen molar-refractivity contribution in [3.05, 3.63) is 59.4 Å². The first-order valence-electron chi connectivity index (χ1n) is 5.77. The molecule has 21 heavy (non-hydrogen) atoms. The summed E-state index contributed by atoms with van der Waals surface area (Å²) in [6.07, 6.45) is -2.13. The lowest BCUT2D eigenvalue weighted by molar-refractivity contribution is -0.137. The Morgan fingerprint density at radius 2 is 2.00 bits per heavy atom. The van der Waals surface area contributed by atoms with Gasteiger partial charge in [-0.1, -0.05) is 0 Å². The SMILES string of the molecule is O=C(NCc1cc(F)cc(C(F)(F)F)c1)c1ccncn1. The van der Waals surface area contributed by atoms with Crippen LogP contribution in [0.15, 0.2) is 36.8 Å². The molecular formula is C13H9F4N3O. The molecule has 2 aromatic rings. The maximum atomic E-state index is 13.2. The molecule has 8 heteroatoms. The number of nitrogens with one attached hydrogen (secondary N) is 1. The predicted octanol–water partition coefficient (Wildman–Crippen LogP) is 2.56. The summed E-state index contributed by atoms with van der Waals surface area (Å²) in [5, 5.41) is 2.36. The average Bonchev–Trinajstić information content (AvgIpc) is 2.44. The highest BCUT2D eigenvalue weighted by atomic mass is 19.4. The molecule has 0 fully saturated rings. The summed E-state index contributed by atoms with van der Waals surface area (Å²) in [5.41, 5.74) is -1.03. The molecule has 0 atom stereocenters. The average molecular weight is 299 g/mol. The van der Waals surface area contributed by atoms with Crippen molar-refractivity contribution in [2.45, 2.75) is 12.7 Å². The number of carbonyl (C=O) groups is 1. The molecular weight excluding hydrogens is 290 g/mol. The molecule has 0 aliphatic carbocycles. The van der Waals surface area contributed by atoms with Gasteiger partial charge in [0, 0.05) is 12.7 Å². The molecule has 1 aromatic heterocycles. The van der Waals surface area contributed by atoms with E-state index in [0.29, 0.717) is 6.07 Å². The fourth-order valence-electron chi connectivity index (χ4n) is 1.61. The van der Waals surface area contributed by atoms with Gasteiger partial charge in [0.05, 0.1) is 5.56 Å². The summed E-state index contributed by atoms with van der Waals surface area (Å²) in [5.74, 6) is -1.61. The number of alkyl halides is 3. The standard InChI is InChI=1S/C13H9F4N3O/c14-10-4-8(3-9(5-10)13(15,16)17)6-19-12(21)11-1-2-18-7-20-11/h1-5,7H,6H2,(H,19,21). The van der Waals surface area contributed by atoms with Crippen LogP contribution in [-0.2, 0) is 12.7 Å². The number of benzene rings is 1. The summed E-state index contributed by atoms with van der Waals surface area (Å²) in [4.78, 5) is 19.0. The van der Waals surface area contributed by atoms with Gasteiger partial charge in [0.25, 0.3) is 5.91 Å². The molecule has 0 saturated heterocycles. The van der Waals surface area contributed by atoms with Crippen LogP contribution >= 0.6 is 0 Å². The van der Waals surface area contributed by atoms with E-state index in [9.17, 15) is 22.4 Å². The van der Waals surface area contributed by atoms with Crippen molar-refractivity contribution in [3.8, 4) is 0 Å². The zero-order valence-corrected chi connectivity index (χ0v) is 10.5. The van der Waals surface area contributed by atoms with E-state index in [2.05, 4.69) is 15.3 Å². The number of nitrogens with zero attached hydrogens (tertiary/aromatic N) is 2. The van der Waals surface area contributed by atoms with Crippen LogP contribution in [0.2, 0.25) is 0 Å². The highest BCUT2D eigenvalue weighted by molar-refractivity contribution is 5.91. The maximum Gasteiger partial charge on any atom is 0.416 e. The molecule has 0 radical (unpaired) electrons. The van der Waals surface area contributed by atoms with E-state index in [1.807, 2.05) is 0 Å². The third-order valence-corrected chi connectivity index (χ3v) is 2.55. The van der Waals surface area contributed by atoms with Crippen molar-refractivity contribution in [3.63, 3.8) is 0 Å². The summed E-state index contributed by atoms with van der Waals surface area (Å²) in [6.45, 7) is -0.246. The van der Waals surface area contributed by atoms with Gasteiger partial charge in [-0.25, -0.2) is 14.4 Å². The van der Waals surface area contributed by atoms with Gasteiger partial charge in [-0.05, 0) is 29.8 Å². The number of carbonyl (C=O) groups excluding carboxylic acids is 1.